The van der Waals surface area contributed by atoms with Crippen molar-refractivity contribution in [3.05, 3.63) is 7.05 Å². The monoisotopic (exact) mass is 169 g/mol. The van der Waals surface area contributed by atoms with Crippen LogP contribution in [0.4, 0.5) is 0 Å². The van der Waals surface area contributed by atoms with Crippen LogP contribution in [0, 0.1) is 7.05 Å². The third kappa shape index (κ3) is 1.64. The first kappa shape index (κ1) is 8.52. The van der Waals surface area contributed by atoms with Gasteiger partial charge < -0.3 is 9.64 Å². The first-order valence-electron chi connectivity index (χ1n) is 5.11. The first-order valence-corrected chi connectivity index (χ1v) is 5.11. The molecule has 1 spiro atoms. The summed E-state index contributed by atoms with van der Waals surface area (Å²) in [5.74, 6) is 0. The molecule has 0 bridgehead atoms. The minimum absolute atomic E-state index is 0.277. The standard InChI is InChI=1S/C10H19NO/c1-11-7-5-10(6-8-11)4-2-3-9-12-10/h11H,1-9H2. The highest BCUT2D eigenvalue weighted by Crippen LogP contribution is 2.31. The number of piperidine rings is 1. The molecule has 0 amide bonds. The van der Waals surface area contributed by atoms with E-state index in [-0.39, 0.29) is 5.60 Å². The Bertz CT molecular complexity index is 142. The van der Waals surface area contributed by atoms with Crippen molar-refractivity contribution < 1.29 is 9.64 Å². The third-order valence-corrected chi connectivity index (χ3v) is 3.30. The van der Waals surface area contributed by atoms with Crippen molar-refractivity contribution in [1.29, 1.82) is 0 Å². The van der Waals surface area contributed by atoms with Gasteiger partial charge in [-0.15, -0.1) is 0 Å². The van der Waals surface area contributed by atoms with Gasteiger partial charge in [0.1, 0.15) is 0 Å². The molecule has 0 aromatic carbocycles. The summed E-state index contributed by atoms with van der Waals surface area (Å²) in [6, 6.07) is 0. The van der Waals surface area contributed by atoms with Crippen LogP contribution in [0.1, 0.15) is 32.1 Å². The summed E-state index contributed by atoms with van der Waals surface area (Å²) in [6.07, 6.45) is 6.38. The van der Waals surface area contributed by atoms with Crippen LogP contribution in [0.2, 0.25) is 0 Å². The van der Waals surface area contributed by atoms with E-state index in [0.717, 1.165) is 6.61 Å². The molecule has 0 atom stereocenters. The van der Waals surface area contributed by atoms with Gasteiger partial charge in [0.2, 0.25) is 0 Å². The fourth-order valence-electron chi connectivity index (χ4n) is 2.36. The molecule has 2 rings (SSSR count). The highest BCUT2D eigenvalue weighted by Gasteiger charge is 2.36. The SMILES string of the molecule is [CH2-][NH+]1CCC2(CCCCO2)CC1. The zero-order chi connectivity index (χ0) is 8.44. The molecule has 2 heteroatoms. The van der Waals surface area contributed by atoms with E-state index in [1.807, 2.05) is 0 Å². The van der Waals surface area contributed by atoms with Crippen LogP contribution in [0.5, 0.6) is 0 Å². The second kappa shape index (κ2) is 3.35. The lowest BCUT2D eigenvalue weighted by molar-refractivity contribution is -0.862. The van der Waals surface area contributed by atoms with E-state index in [9.17, 15) is 0 Å². The lowest BCUT2D eigenvalue weighted by atomic mass is 9.85. The van der Waals surface area contributed by atoms with E-state index in [4.69, 9.17) is 4.74 Å². The number of hydrogen-bond acceptors (Lipinski definition) is 1. The van der Waals surface area contributed by atoms with Gasteiger partial charge in [-0.3, -0.25) is 0 Å². The molecule has 2 aliphatic rings. The van der Waals surface area contributed by atoms with E-state index >= 15 is 0 Å². The fourth-order valence-corrected chi connectivity index (χ4v) is 2.36. The van der Waals surface area contributed by atoms with Gasteiger partial charge in [0, 0.05) is 19.4 Å². The van der Waals surface area contributed by atoms with Gasteiger partial charge in [-0.1, -0.05) is 0 Å². The van der Waals surface area contributed by atoms with Crippen molar-refractivity contribution in [3.63, 3.8) is 0 Å². The average molecular weight is 169 g/mol. The highest BCUT2D eigenvalue weighted by molar-refractivity contribution is 4.84. The smallest absolute Gasteiger partial charge is 0.0787 e. The molecule has 1 N–H and O–H groups in total. The zero-order valence-corrected chi connectivity index (χ0v) is 7.77. The van der Waals surface area contributed by atoms with Crippen molar-refractivity contribution >= 4 is 0 Å². The summed E-state index contributed by atoms with van der Waals surface area (Å²) in [7, 11) is 4.04. The van der Waals surface area contributed by atoms with Crippen molar-refractivity contribution in [2.24, 2.45) is 0 Å². The molecule has 70 valence electrons. The molecule has 0 unspecified atom stereocenters. The van der Waals surface area contributed by atoms with Crippen molar-refractivity contribution in [1.82, 2.24) is 0 Å². The number of quaternary nitrogens is 1. The molecule has 2 aliphatic heterocycles. The maximum Gasteiger partial charge on any atom is 0.0787 e. The normalized spacial score (nSPS) is 43.2. The van der Waals surface area contributed by atoms with Crippen LogP contribution in [-0.4, -0.2) is 25.3 Å². The number of hydrogen-bond donors (Lipinski definition) is 1. The minimum Gasteiger partial charge on any atom is -0.468 e. The van der Waals surface area contributed by atoms with E-state index in [1.165, 1.54) is 50.1 Å². The second-order valence-electron chi connectivity index (χ2n) is 4.24. The predicted octanol–water partition coefficient (Wildman–Crippen LogP) is 0.396. The Morgan fingerprint density at radius 2 is 1.83 bits per heavy atom. The molecule has 0 radical (unpaired) electrons. The fraction of sp³-hybridized carbons (Fsp3) is 0.900. The molecule has 2 nitrogen and oxygen atoms in total. The Balaban J connectivity index is 1.92. The Kier molecular flexibility index (Phi) is 2.37. The number of likely N-dealkylation sites (tertiary alicyclic amines) is 1. The summed E-state index contributed by atoms with van der Waals surface area (Å²) in [5.41, 5.74) is 0.277. The average Bonchev–Trinajstić information content (AvgIpc) is 2.13. The summed E-state index contributed by atoms with van der Waals surface area (Å²) >= 11 is 0. The van der Waals surface area contributed by atoms with Crippen molar-refractivity contribution in [2.75, 3.05) is 19.7 Å². The van der Waals surface area contributed by atoms with Crippen LogP contribution in [0.15, 0.2) is 0 Å². The Morgan fingerprint density at radius 1 is 1.08 bits per heavy atom. The molecular formula is C10H19NO. The lowest BCUT2D eigenvalue weighted by Gasteiger charge is -2.43. The molecule has 12 heavy (non-hydrogen) atoms. The van der Waals surface area contributed by atoms with Gasteiger partial charge in [0.25, 0.3) is 0 Å². The Labute approximate surface area is 74.9 Å². The van der Waals surface area contributed by atoms with Crippen molar-refractivity contribution in [3.8, 4) is 0 Å². The Morgan fingerprint density at radius 3 is 2.42 bits per heavy atom. The van der Waals surface area contributed by atoms with Gasteiger partial charge in [-0.25, -0.2) is 0 Å². The van der Waals surface area contributed by atoms with Crippen molar-refractivity contribution in [2.45, 2.75) is 37.7 Å². The van der Waals surface area contributed by atoms with E-state index < -0.39 is 0 Å². The Hall–Kier alpha value is -0.0800. The predicted molar refractivity (Wildman–Crippen MR) is 47.8 cm³/mol. The minimum atomic E-state index is 0.277. The molecule has 2 heterocycles. The third-order valence-electron chi connectivity index (χ3n) is 3.30. The van der Waals surface area contributed by atoms with Gasteiger partial charge in [-0.2, -0.15) is 7.05 Å². The van der Waals surface area contributed by atoms with E-state index in [1.54, 1.807) is 0 Å². The van der Waals surface area contributed by atoms with Gasteiger partial charge >= 0.3 is 0 Å². The first-order chi connectivity index (χ1) is 5.81. The summed E-state index contributed by atoms with van der Waals surface area (Å²) < 4.78 is 5.91. The highest BCUT2D eigenvalue weighted by atomic mass is 16.5. The van der Waals surface area contributed by atoms with E-state index in [0.29, 0.717) is 0 Å². The van der Waals surface area contributed by atoms with Crippen LogP contribution in [-0.2, 0) is 4.74 Å². The van der Waals surface area contributed by atoms with Gasteiger partial charge in [0.05, 0.1) is 18.7 Å². The number of nitrogens with one attached hydrogen (secondary N) is 1. The molecule has 2 fully saturated rings. The number of rotatable bonds is 0. The van der Waals surface area contributed by atoms with Gasteiger partial charge in [0.15, 0.2) is 0 Å². The summed E-state index contributed by atoms with van der Waals surface area (Å²) in [4.78, 5) is 1.43. The van der Waals surface area contributed by atoms with Gasteiger partial charge in [-0.05, 0) is 19.3 Å². The zero-order valence-electron chi connectivity index (χ0n) is 7.77. The molecule has 2 saturated heterocycles. The number of ether oxygens (including phenoxy) is 1. The van der Waals surface area contributed by atoms with Crippen LogP contribution in [0.3, 0.4) is 0 Å². The molecular weight excluding hydrogens is 150 g/mol. The van der Waals surface area contributed by atoms with Crippen LogP contribution in [0.25, 0.3) is 0 Å². The van der Waals surface area contributed by atoms with Crippen LogP contribution >= 0.6 is 0 Å². The maximum absolute atomic E-state index is 5.91. The van der Waals surface area contributed by atoms with Crippen LogP contribution < -0.4 is 4.90 Å². The second-order valence-corrected chi connectivity index (χ2v) is 4.24. The summed E-state index contributed by atoms with van der Waals surface area (Å²) in [6.45, 7) is 3.38. The van der Waals surface area contributed by atoms with E-state index in [2.05, 4.69) is 7.05 Å². The maximum atomic E-state index is 5.91. The summed E-state index contributed by atoms with van der Waals surface area (Å²) in [5, 5.41) is 0. The molecule has 0 saturated carbocycles. The molecule has 0 aromatic heterocycles. The topological polar surface area (TPSA) is 13.7 Å². The largest absolute Gasteiger partial charge is 0.468 e. The quantitative estimate of drug-likeness (QED) is 0.518. The lowest BCUT2D eigenvalue weighted by Crippen LogP contribution is -3.08. The molecule has 0 aromatic rings. The molecule has 0 aliphatic carbocycles.